The fraction of sp³-hybridized carbons (Fsp3) is 0.200. The zero-order valence-electron chi connectivity index (χ0n) is 4.66. The molecule has 0 heterocycles. The number of halogens is 3. The Kier molecular flexibility index (Phi) is 18.1. The van der Waals surface area contributed by atoms with E-state index in [1.54, 1.807) is 0 Å². The van der Waals surface area contributed by atoms with Gasteiger partial charge in [0, 0.05) is 0 Å². The van der Waals surface area contributed by atoms with Crippen LogP contribution >= 0.6 is 50.9 Å². The molecule has 53 valence electrons. The van der Waals surface area contributed by atoms with Gasteiger partial charge in [-0.3, -0.25) is 0 Å². The molecule has 0 unspecified atom stereocenters. The zero-order valence-corrected chi connectivity index (χ0v) is 11.4. The monoisotopic (exact) mass is 353 g/mol. The van der Waals surface area contributed by atoms with Gasteiger partial charge in [-0.1, -0.05) is 0 Å². The Morgan fingerprint density at radius 2 is 1.78 bits per heavy atom. The van der Waals surface area contributed by atoms with E-state index in [0.717, 1.165) is 0 Å². The molecule has 0 nitrogen and oxygen atoms in total. The standard InChI is InChI=1S/C5H5.3BrH.Ti/c1-2-4-5-3-1;;;;/h1-3H,4H2;3*1H;. The first-order valence-corrected chi connectivity index (χ1v) is 2.75. The fourth-order valence-corrected chi connectivity index (χ4v) is 0.782. The van der Waals surface area contributed by atoms with Gasteiger partial charge >= 0.3 is 49.0 Å². The molecule has 4 heteroatoms. The van der Waals surface area contributed by atoms with E-state index in [0.29, 0.717) is 0 Å². The van der Waals surface area contributed by atoms with E-state index in [9.17, 15) is 0 Å². The number of hydrogen-bond donors (Lipinski definition) is 0. The Balaban J connectivity index is -0.000000120. The minimum atomic E-state index is 0. The van der Waals surface area contributed by atoms with E-state index in [1.807, 2.05) is 0 Å². The first-order chi connectivity index (χ1) is 2.89. The van der Waals surface area contributed by atoms with Gasteiger partial charge in [-0.15, -0.1) is 50.9 Å². The molecule has 0 aromatic heterocycles. The predicted octanol–water partition coefficient (Wildman–Crippen LogP) is 3.11. The average molecular weight is 356 g/mol. The predicted molar refractivity (Wildman–Crippen MR) is 52.8 cm³/mol. The third kappa shape index (κ3) is 7.53. The molecular weight excluding hydrogens is 348 g/mol. The van der Waals surface area contributed by atoms with Crippen LogP contribution in [-0.4, -0.2) is 0 Å². The molecule has 1 aliphatic carbocycles. The molecule has 0 saturated carbocycles. The summed E-state index contributed by atoms with van der Waals surface area (Å²) in [5.41, 5.74) is 0. The second-order valence-corrected chi connectivity index (χ2v) is 2.33. The van der Waals surface area contributed by atoms with Crippen molar-refractivity contribution in [1.82, 2.24) is 0 Å². The van der Waals surface area contributed by atoms with Crippen LogP contribution in [0, 0.1) is 0 Å². The summed E-state index contributed by atoms with van der Waals surface area (Å²) in [4.78, 5) is 0. The molecule has 0 aromatic carbocycles. The van der Waals surface area contributed by atoms with E-state index in [2.05, 4.69) is 38.7 Å². The van der Waals surface area contributed by atoms with Gasteiger partial charge < -0.3 is 0 Å². The minimum absolute atomic E-state index is 0. The summed E-state index contributed by atoms with van der Waals surface area (Å²) in [6, 6.07) is 0. The first-order valence-electron chi connectivity index (χ1n) is 1.97. The molecule has 0 fully saturated rings. The van der Waals surface area contributed by atoms with Crippen LogP contribution in [0.3, 0.4) is 0 Å². The topological polar surface area (TPSA) is 0 Å². The van der Waals surface area contributed by atoms with Gasteiger partial charge in [-0.05, 0) is 0 Å². The second-order valence-electron chi connectivity index (χ2n) is 1.32. The van der Waals surface area contributed by atoms with Crippen LogP contribution < -0.4 is 0 Å². The Bertz CT molecular complexity index is 109. The van der Waals surface area contributed by atoms with Crippen molar-refractivity contribution in [2.45, 2.75) is 6.42 Å². The van der Waals surface area contributed by atoms with Crippen molar-refractivity contribution in [1.29, 1.82) is 0 Å². The fourth-order valence-electron chi connectivity index (χ4n) is 0.447. The normalized spacial score (nSPS) is 12.1. The molecule has 0 spiro atoms. The third-order valence-electron chi connectivity index (χ3n) is 0.771. The van der Waals surface area contributed by atoms with E-state index >= 15 is 0 Å². The van der Waals surface area contributed by atoms with Crippen LogP contribution in [0.4, 0.5) is 0 Å². The number of rotatable bonds is 0. The molecule has 0 aliphatic heterocycles. The van der Waals surface area contributed by atoms with Crippen LogP contribution in [0.15, 0.2) is 22.1 Å². The second kappa shape index (κ2) is 9.63. The van der Waals surface area contributed by atoms with Crippen LogP contribution in [-0.2, 0) is 20.4 Å². The van der Waals surface area contributed by atoms with Gasteiger partial charge in [-0.25, -0.2) is 0 Å². The first kappa shape index (κ1) is 16.9. The maximum atomic E-state index is 2.16. The summed E-state index contributed by atoms with van der Waals surface area (Å²) in [6.07, 6.45) is 7.56. The summed E-state index contributed by atoms with van der Waals surface area (Å²) in [5, 5.41) is 0. The summed E-state index contributed by atoms with van der Waals surface area (Å²) >= 11 is 2.14. The Morgan fingerprint density at radius 1 is 1.22 bits per heavy atom. The Hall–Kier alpha value is 1.63. The summed E-state index contributed by atoms with van der Waals surface area (Å²) < 4.78 is 1.47. The van der Waals surface area contributed by atoms with E-state index in [4.69, 9.17) is 0 Å². The molecular formula is C5H8Br3Ti. The van der Waals surface area contributed by atoms with Crippen molar-refractivity contribution < 1.29 is 20.4 Å². The van der Waals surface area contributed by atoms with E-state index < -0.39 is 0 Å². The number of hydrogen-bond acceptors (Lipinski definition) is 0. The van der Waals surface area contributed by atoms with Gasteiger partial charge in [0.05, 0.1) is 0 Å². The average Bonchev–Trinajstić information content (AvgIpc) is 1.86. The molecule has 1 rings (SSSR count). The molecule has 0 aromatic rings. The zero-order chi connectivity index (χ0) is 4.41. The summed E-state index contributed by atoms with van der Waals surface area (Å²) in [6.45, 7) is 0. The molecule has 1 aliphatic rings. The van der Waals surface area contributed by atoms with Crippen LogP contribution in [0.5, 0.6) is 0 Å². The summed E-state index contributed by atoms with van der Waals surface area (Å²) in [5.74, 6) is 0. The van der Waals surface area contributed by atoms with Crippen LogP contribution in [0.2, 0.25) is 0 Å². The SMILES string of the molecule is Br.Br.Br.[Ti][C]1=CC=CC1. The van der Waals surface area contributed by atoms with E-state index in [-0.39, 0.29) is 50.9 Å². The molecule has 9 heavy (non-hydrogen) atoms. The summed E-state index contributed by atoms with van der Waals surface area (Å²) in [7, 11) is 0. The Morgan fingerprint density at radius 3 is 1.89 bits per heavy atom. The van der Waals surface area contributed by atoms with Crippen LogP contribution in [0.1, 0.15) is 6.42 Å². The van der Waals surface area contributed by atoms with E-state index in [1.165, 1.54) is 10.3 Å². The van der Waals surface area contributed by atoms with Gasteiger partial charge in [0.2, 0.25) is 0 Å². The molecule has 0 N–H and O–H groups in total. The van der Waals surface area contributed by atoms with Crippen molar-refractivity contribution >= 4 is 50.9 Å². The van der Waals surface area contributed by atoms with Gasteiger partial charge in [-0.2, -0.15) is 0 Å². The van der Waals surface area contributed by atoms with Crippen LogP contribution in [0.25, 0.3) is 0 Å². The van der Waals surface area contributed by atoms with Crippen molar-refractivity contribution in [3.05, 3.63) is 22.1 Å². The molecule has 0 saturated heterocycles. The van der Waals surface area contributed by atoms with Crippen molar-refractivity contribution in [2.24, 2.45) is 0 Å². The molecule has 0 bridgehead atoms. The van der Waals surface area contributed by atoms with Crippen molar-refractivity contribution in [3.63, 3.8) is 0 Å². The van der Waals surface area contributed by atoms with Crippen molar-refractivity contribution in [3.8, 4) is 0 Å². The molecule has 0 radical (unpaired) electrons. The third-order valence-corrected chi connectivity index (χ3v) is 1.35. The number of allylic oxidation sites excluding steroid dienone is 4. The van der Waals surface area contributed by atoms with Crippen molar-refractivity contribution in [2.75, 3.05) is 0 Å². The molecule has 0 amide bonds. The maximum absolute atomic E-state index is 2.16. The quantitative estimate of drug-likeness (QED) is 0.586. The van der Waals surface area contributed by atoms with Gasteiger partial charge in [0.15, 0.2) is 0 Å². The van der Waals surface area contributed by atoms with Gasteiger partial charge in [0.25, 0.3) is 0 Å². The molecule has 0 atom stereocenters. The van der Waals surface area contributed by atoms with Gasteiger partial charge in [0.1, 0.15) is 0 Å². The Labute approximate surface area is 98.9 Å².